The zero-order valence-electron chi connectivity index (χ0n) is 11.8. The second-order valence-electron chi connectivity index (χ2n) is 4.87. The standard InChI is InChI=1S/C13H26N2OS.ClH/c1-4-9-15(12-5-7-14-8-6-12)13(16)11(2)10-17-3;/h11-12,14H,4-10H2,1-3H3;1H. The Kier molecular flexibility index (Phi) is 9.97. The summed E-state index contributed by atoms with van der Waals surface area (Å²) in [6.45, 7) is 7.23. The van der Waals surface area contributed by atoms with Crippen LogP contribution in [-0.2, 0) is 4.79 Å². The molecule has 1 rings (SSSR count). The molecule has 0 radical (unpaired) electrons. The molecule has 1 saturated heterocycles. The number of carbonyl (C=O) groups is 1. The highest BCUT2D eigenvalue weighted by Crippen LogP contribution is 2.17. The van der Waals surface area contributed by atoms with Crippen molar-refractivity contribution in [3.05, 3.63) is 0 Å². The summed E-state index contributed by atoms with van der Waals surface area (Å²) in [6.07, 6.45) is 5.34. The highest BCUT2D eigenvalue weighted by Gasteiger charge is 2.27. The van der Waals surface area contributed by atoms with Gasteiger partial charge in [-0.15, -0.1) is 12.4 Å². The number of thioether (sulfide) groups is 1. The Labute approximate surface area is 122 Å². The Balaban J connectivity index is 0.00000289. The van der Waals surface area contributed by atoms with Crippen LogP contribution in [0.3, 0.4) is 0 Å². The number of carbonyl (C=O) groups excluding carboxylic acids is 1. The Hall–Kier alpha value is 0.0700. The summed E-state index contributed by atoms with van der Waals surface area (Å²) in [5.74, 6) is 1.45. The van der Waals surface area contributed by atoms with Crippen LogP contribution in [0.1, 0.15) is 33.1 Å². The van der Waals surface area contributed by atoms with Crippen LogP contribution in [-0.4, -0.2) is 48.5 Å². The Morgan fingerprint density at radius 1 is 1.44 bits per heavy atom. The lowest BCUT2D eigenvalue weighted by atomic mass is 10.0. The van der Waals surface area contributed by atoms with Gasteiger partial charge in [-0.25, -0.2) is 0 Å². The van der Waals surface area contributed by atoms with Gasteiger partial charge < -0.3 is 10.2 Å². The molecule has 0 bridgehead atoms. The summed E-state index contributed by atoms with van der Waals surface area (Å²) in [6, 6.07) is 0.466. The molecule has 1 heterocycles. The quantitative estimate of drug-likeness (QED) is 0.816. The van der Waals surface area contributed by atoms with Gasteiger partial charge in [0.2, 0.25) is 5.91 Å². The largest absolute Gasteiger partial charge is 0.339 e. The van der Waals surface area contributed by atoms with Crippen LogP contribution in [0, 0.1) is 5.92 Å². The highest BCUT2D eigenvalue weighted by atomic mass is 35.5. The summed E-state index contributed by atoms with van der Waals surface area (Å²) >= 11 is 1.76. The minimum Gasteiger partial charge on any atom is -0.339 e. The second-order valence-corrected chi connectivity index (χ2v) is 5.78. The van der Waals surface area contributed by atoms with E-state index in [-0.39, 0.29) is 18.3 Å². The summed E-state index contributed by atoms with van der Waals surface area (Å²) in [7, 11) is 0. The fourth-order valence-corrected chi connectivity index (χ4v) is 3.08. The van der Waals surface area contributed by atoms with E-state index in [9.17, 15) is 4.79 Å². The molecule has 18 heavy (non-hydrogen) atoms. The van der Waals surface area contributed by atoms with Crippen molar-refractivity contribution in [2.24, 2.45) is 5.92 Å². The van der Waals surface area contributed by atoms with Crippen LogP contribution in [0.5, 0.6) is 0 Å². The van der Waals surface area contributed by atoms with E-state index in [2.05, 4.69) is 30.3 Å². The molecule has 1 unspecified atom stereocenters. The van der Waals surface area contributed by atoms with Crippen molar-refractivity contribution in [2.75, 3.05) is 31.6 Å². The Bertz CT molecular complexity index is 235. The van der Waals surface area contributed by atoms with Crippen molar-refractivity contribution >= 4 is 30.1 Å². The van der Waals surface area contributed by atoms with Crippen LogP contribution in [0.15, 0.2) is 0 Å². The van der Waals surface area contributed by atoms with Gasteiger partial charge in [0.1, 0.15) is 0 Å². The molecule has 0 aromatic rings. The molecule has 0 spiro atoms. The van der Waals surface area contributed by atoms with E-state index in [1.807, 2.05) is 0 Å². The van der Waals surface area contributed by atoms with Gasteiger partial charge in [0.05, 0.1) is 0 Å². The number of amides is 1. The maximum absolute atomic E-state index is 12.4. The third-order valence-corrected chi connectivity index (χ3v) is 4.17. The normalized spacial score (nSPS) is 17.9. The number of halogens is 1. The number of nitrogens with one attached hydrogen (secondary N) is 1. The van der Waals surface area contributed by atoms with E-state index in [0.29, 0.717) is 11.9 Å². The first-order valence-electron chi connectivity index (χ1n) is 6.70. The minimum atomic E-state index is 0. The molecule has 0 aromatic carbocycles. The van der Waals surface area contributed by atoms with E-state index in [0.717, 1.165) is 44.6 Å². The number of rotatable bonds is 6. The number of hydrogen-bond acceptors (Lipinski definition) is 3. The zero-order valence-corrected chi connectivity index (χ0v) is 13.4. The molecule has 1 amide bonds. The van der Waals surface area contributed by atoms with E-state index < -0.39 is 0 Å². The molecular weight excluding hydrogens is 268 g/mol. The monoisotopic (exact) mass is 294 g/mol. The van der Waals surface area contributed by atoms with E-state index in [4.69, 9.17) is 0 Å². The van der Waals surface area contributed by atoms with Crippen molar-refractivity contribution < 1.29 is 4.79 Å². The van der Waals surface area contributed by atoms with Crippen LogP contribution in [0.25, 0.3) is 0 Å². The lowest BCUT2D eigenvalue weighted by Gasteiger charge is -2.36. The second kappa shape index (κ2) is 9.93. The SMILES string of the molecule is CCCN(C(=O)C(C)CSC)C1CCNCC1.Cl. The van der Waals surface area contributed by atoms with Gasteiger partial charge >= 0.3 is 0 Å². The van der Waals surface area contributed by atoms with Crippen molar-refractivity contribution in [3.63, 3.8) is 0 Å². The van der Waals surface area contributed by atoms with Gasteiger partial charge in [-0.05, 0) is 38.6 Å². The fourth-order valence-electron chi connectivity index (χ4n) is 2.44. The van der Waals surface area contributed by atoms with Crippen LogP contribution >= 0.6 is 24.2 Å². The Morgan fingerprint density at radius 3 is 2.56 bits per heavy atom. The van der Waals surface area contributed by atoms with Gasteiger partial charge in [-0.1, -0.05) is 13.8 Å². The number of nitrogens with zero attached hydrogens (tertiary/aromatic N) is 1. The summed E-state index contributed by atoms with van der Waals surface area (Å²) in [5, 5.41) is 3.36. The molecule has 0 aliphatic carbocycles. The van der Waals surface area contributed by atoms with E-state index in [1.165, 1.54) is 0 Å². The molecule has 0 aromatic heterocycles. The third-order valence-electron chi connectivity index (χ3n) is 3.34. The van der Waals surface area contributed by atoms with E-state index >= 15 is 0 Å². The average molecular weight is 295 g/mol. The smallest absolute Gasteiger partial charge is 0.226 e. The minimum absolute atomic E-state index is 0. The van der Waals surface area contributed by atoms with Crippen LogP contribution < -0.4 is 5.32 Å². The molecule has 0 saturated carbocycles. The molecule has 5 heteroatoms. The van der Waals surface area contributed by atoms with Crippen molar-refractivity contribution in [1.82, 2.24) is 10.2 Å². The maximum Gasteiger partial charge on any atom is 0.226 e. The van der Waals surface area contributed by atoms with E-state index in [1.54, 1.807) is 11.8 Å². The summed E-state index contributed by atoms with van der Waals surface area (Å²) in [4.78, 5) is 14.6. The summed E-state index contributed by atoms with van der Waals surface area (Å²) in [5.41, 5.74) is 0. The van der Waals surface area contributed by atoms with Crippen molar-refractivity contribution in [2.45, 2.75) is 39.2 Å². The lowest BCUT2D eigenvalue weighted by Crippen LogP contribution is -2.48. The number of piperidine rings is 1. The van der Waals surface area contributed by atoms with Gasteiger partial charge in [0.15, 0.2) is 0 Å². The Morgan fingerprint density at radius 2 is 2.06 bits per heavy atom. The number of hydrogen-bond donors (Lipinski definition) is 1. The van der Waals surface area contributed by atoms with Gasteiger partial charge in [-0.2, -0.15) is 11.8 Å². The van der Waals surface area contributed by atoms with Crippen LogP contribution in [0.4, 0.5) is 0 Å². The first kappa shape index (κ1) is 18.1. The molecule has 1 atom stereocenters. The van der Waals surface area contributed by atoms with Gasteiger partial charge in [0, 0.05) is 24.3 Å². The zero-order chi connectivity index (χ0) is 12.7. The van der Waals surface area contributed by atoms with Crippen molar-refractivity contribution in [3.8, 4) is 0 Å². The maximum atomic E-state index is 12.4. The molecule has 3 nitrogen and oxygen atoms in total. The topological polar surface area (TPSA) is 32.3 Å². The van der Waals surface area contributed by atoms with Gasteiger partial charge in [-0.3, -0.25) is 4.79 Å². The molecule has 1 aliphatic heterocycles. The lowest BCUT2D eigenvalue weighted by molar-refractivity contribution is -0.137. The first-order valence-corrected chi connectivity index (χ1v) is 8.10. The summed E-state index contributed by atoms with van der Waals surface area (Å²) < 4.78 is 0. The van der Waals surface area contributed by atoms with Crippen molar-refractivity contribution in [1.29, 1.82) is 0 Å². The fraction of sp³-hybridized carbons (Fsp3) is 0.923. The molecule has 1 fully saturated rings. The van der Waals surface area contributed by atoms with Gasteiger partial charge in [0.25, 0.3) is 0 Å². The molecule has 1 aliphatic rings. The third kappa shape index (κ3) is 5.37. The van der Waals surface area contributed by atoms with Crippen LogP contribution in [0.2, 0.25) is 0 Å². The predicted molar refractivity (Wildman–Crippen MR) is 82.7 cm³/mol. The molecule has 108 valence electrons. The highest BCUT2D eigenvalue weighted by molar-refractivity contribution is 7.98. The average Bonchev–Trinajstić information content (AvgIpc) is 2.36. The predicted octanol–water partition coefficient (Wildman–Crippen LogP) is 2.40. The molecular formula is C13H27ClN2OS. The molecule has 1 N–H and O–H groups in total. The first-order chi connectivity index (χ1) is 8.20.